The fourth-order valence-corrected chi connectivity index (χ4v) is 4.60. The second-order valence-corrected chi connectivity index (χ2v) is 8.10. The average Bonchev–Trinajstić information content (AvgIpc) is 3.17. The van der Waals surface area contributed by atoms with Crippen LogP contribution >= 0.6 is 11.8 Å². The number of carbonyl (C=O) groups excluding carboxylic acids is 1. The smallest absolute Gasteiger partial charge is 0.286 e. The fraction of sp³-hybridized carbons (Fsp3) is 0.400. The molecular formula is C20H21N5O4S. The maximum Gasteiger partial charge on any atom is 0.286 e. The van der Waals surface area contributed by atoms with Gasteiger partial charge in [0.15, 0.2) is 5.17 Å². The van der Waals surface area contributed by atoms with Gasteiger partial charge in [0.2, 0.25) is 0 Å². The number of rotatable bonds is 2. The summed E-state index contributed by atoms with van der Waals surface area (Å²) in [4.78, 5) is 39.4. The standard InChI is InChI=1S/C20H21N5O4S/c26-18-15(30-20(22-18)24-7-11-29-12-8-24)13-14-17(23-5-9-28-10-6-23)21-16-3-1-2-4-25(16)19(14)27/h1-4,13H,5-12H2/b15-13+. The number of aromatic nitrogens is 2. The average molecular weight is 427 g/mol. The van der Waals surface area contributed by atoms with Gasteiger partial charge in [-0.05, 0) is 30.0 Å². The molecule has 0 N–H and O–H groups in total. The van der Waals surface area contributed by atoms with Gasteiger partial charge in [0, 0.05) is 32.4 Å². The van der Waals surface area contributed by atoms with Crippen molar-refractivity contribution in [2.24, 2.45) is 4.99 Å². The molecule has 9 nitrogen and oxygen atoms in total. The van der Waals surface area contributed by atoms with E-state index in [1.807, 2.05) is 15.9 Å². The first-order chi connectivity index (χ1) is 14.7. The van der Waals surface area contributed by atoms with E-state index in [-0.39, 0.29) is 11.5 Å². The number of fused-ring (bicyclic) bond motifs is 1. The van der Waals surface area contributed by atoms with Crippen molar-refractivity contribution >= 4 is 40.4 Å². The zero-order valence-electron chi connectivity index (χ0n) is 16.3. The molecule has 0 atom stereocenters. The molecule has 0 radical (unpaired) electrons. The van der Waals surface area contributed by atoms with E-state index in [9.17, 15) is 9.59 Å². The third-order valence-electron chi connectivity index (χ3n) is 5.23. The highest BCUT2D eigenvalue weighted by Gasteiger charge is 2.29. The van der Waals surface area contributed by atoms with Crippen LogP contribution in [-0.2, 0) is 14.3 Å². The van der Waals surface area contributed by atoms with Crippen molar-refractivity contribution in [2.45, 2.75) is 0 Å². The van der Waals surface area contributed by atoms with Crippen molar-refractivity contribution in [3.8, 4) is 0 Å². The van der Waals surface area contributed by atoms with Gasteiger partial charge in [-0.25, -0.2) is 4.98 Å². The van der Waals surface area contributed by atoms with Gasteiger partial charge in [0.05, 0.1) is 36.9 Å². The first kappa shape index (κ1) is 19.3. The summed E-state index contributed by atoms with van der Waals surface area (Å²) in [6.45, 7) is 5.06. The Kier molecular flexibility index (Phi) is 5.28. The van der Waals surface area contributed by atoms with E-state index in [4.69, 9.17) is 14.5 Å². The number of amides is 1. The highest BCUT2D eigenvalue weighted by molar-refractivity contribution is 8.18. The van der Waals surface area contributed by atoms with Crippen molar-refractivity contribution in [3.05, 3.63) is 45.2 Å². The molecule has 0 spiro atoms. The van der Waals surface area contributed by atoms with Gasteiger partial charge < -0.3 is 19.3 Å². The van der Waals surface area contributed by atoms with E-state index in [2.05, 4.69) is 4.99 Å². The second-order valence-electron chi connectivity index (χ2n) is 7.09. The molecule has 2 aromatic heterocycles. The topological polar surface area (TPSA) is 88.7 Å². The molecule has 3 aliphatic rings. The number of morpholine rings is 2. The molecule has 10 heteroatoms. The normalized spacial score (nSPS) is 21.5. The molecule has 2 saturated heterocycles. The van der Waals surface area contributed by atoms with Crippen LogP contribution in [-0.4, -0.2) is 78.0 Å². The van der Waals surface area contributed by atoms with Crippen molar-refractivity contribution < 1.29 is 14.3 Å². The Balaban J connectivity index is 1.55. The van der Waals surface area contributed by atoms with Gasteiger partial charge in [-0.3, -0.25) is 14.0 Å². The molecule has 0 unspecified atom stereocenters. The van der Waals surface area contributed by atoms with Gasteiger partial charge in [-0.1, -0.05) is 6.07 Å². The van der Waals surface area contributed by atoms with E-state index >= 15 is 0 Å². The van der Waals surface area contributed by atoms with Gasteiger partial charge in [0.25, 0.3) is 11.5 Å². The van der Waals surface area contributed by atoms with Crippen LogP contribution in [0.1, 0.15) is 5.56 Å². The van der Waals surface area contributed by atoms with Crippen LogP contribution in [0.2, 0.25) is 0 Å². The number of hydrogen-bond donors (Lipinski definition) is 0. The highest BCUT2D eigenvalue weighted by Crippen LogP contribution is 2.31. The van der Waals surface area contributed by atoms with E-state index in [1.54, 1.807) is 24.4 Å². The van der Waals surface area contributed by atoms with Crippen LogP contribution < -0.4 is 10.5 Å². The number of pyridine rings is 1. The summed E-state index contributed by atoms with van der Waals surface area (Å²) < 4.78 is 12.3. The number of hydrogen-bond acceptors (Lipinski definition) is 8. The van der Waals surface area contributed by atoms with Crippen molar-refractivity contribution in [3.63, 3.8) is 0 Å². The first-order valence-corrected chi connectivity index (χ1v) is 10.7. The zero-order valence-corrected chi connectivity index (χ0v) is 17.1. The monoisotopic (exact) mass is 427 g/mol. The second kappa shape index (κ2) is 8.21. The number of carbonyl (C=O) groups is 1. The highest BCUT2D eigenvalue weighted by atomic mass is 32.2. The minimum absolute atomic E-state index is 0.206. The van der Waals surface area contributed by atoms with Crippen molar-refractivity contribution in [1.82, 2.24) is 14.3 Å². The molecule has 2 fully saturated rings. The molecular weight excluding hydrogens is 406 g/mol. The minimum Gasteiger partial charge on any atom is -0.378 e. The Hall–Kier alpha value is -2.69. The largest absolute Gasteiger partial charge is 0.378 e. The van der Waals surface area contributed by atoms with E-state index in [1.165, 1.54) is 16.2 Å². The number of nitrogens with zero attached hydrogens (tertiary/aromatic N) is 5. The Morgan fingerprint density at radius 1 is 0.967 bits per heavy atom. The Labute approximate surface area is 177 Å². The lowest BCUT2D eigenvalue weighted by Crippen LogP contribution is -2.39. The van der Waals surface area contributed by atoms with Crippen LogP contribution in [0.3, 0.4) is 0 Å². The Bertz CT molecular complexity index is 1100. The number of thioether (sulfide) groups is 1. The lowest BCUT2D eigenvalue weighted by molar-refractivity contribution is -0.113. The third-order valence-corrected chi connectivity index (χ3v) is 6.27. The van der Waals surface area contributed by atoms with Gasteiger partial charge in [-0.15, -0.1) is 0 Å². The molecule has 1 amide bonds. The van der Waals surface area contributed by atoms with Crippen molar-refractivity contribution in [1.29, 1.82) is 0 Å². The summed E-state index contributed by atoms with van der Waals surface area (Å²) in [5.74, 6) is 0.252. The zero-order chi connectivity index (χ0) is 20.5. The molecule has 5 rings (SSSR count). The number of ether oxygens (including phenoxy) is 2. The number of anilines is 1. The van der Waals surface area contributed by atoms with E-state index in [0.29, 0.717) is 79.7 Å². The SMILES string of the molecule is O=C1N=C(N2CCOCC2)S/C1=C/c1c(N2CCOCC2)nc2ccccn2c1=O. The predicted molar refractivity (Wildman–Crippen MR) is 115 cm³/mol. The molecule has 0 bridgehead atoms. The van der Waals surface area contributed by atoms with Gasteiger partial charge in [-0.2, -0.15) is 4.99 Å². The van der Waals surface area contributed by atoms with Crippen LogP contribution in [0, 0.1) is 0 Å². The quantitative estimate of drug-likeness (QED) is 0.652. The summed E-state index contributed by atoms with van der Waals surface area (Å²) in [6, 6.07) is 5.44. The maximum absolute atomic E-state index is 13.3. The van der Waals surface area contributed by atoms with Crippen LogP contribution in [0.15, 0.2) is 39.1 Å². The third kappa shape index (κ3) is 3.62. The lowest BCUT2D eigenvalue weighted by atomic mass is 10.2. The summed E-state index contributed by atoms with van der Waals surface area (Å²) in [5, 5.41) is 0.663. The van der Waals surface area contributed by atoms with Crippen molar-refractivity contribution in [2.75, 3.05) is 57.5 Å². The molecule has 30 heavy (non-hydrogen) atoms. The molecule has 5 heterocycles. The lowest BCUT2D eigenvalue weighted by Gasteiger charge is -2.29. The van der Waals surface area contributed by atoms with Gasteiger partial charge >= 0.3 is 0 Å². The van der Waals surface area contributed by atoms with Crippen LogP contribution in [0.25, 0.3) is 11.7 Å². The van der Waals surface area contributed by atoms with E-state index in [0.717, 1.165) is 0 Å². The maximum atomic E-state index is 13.3. The Morgan fingerprint density at radius 3 is 2.40 bits per heavy atom. The molecule has 0 aromatic carbocycles. The Morgan fingerprint density at radius 2 is 1.67 bits per heavy atom. The summed E-state index contributed by atoms with van der Waals surface area (Å²) >= 11 is 1.30. The molecule has 2 aromatic rings. The summed E-state index contributed by atoms with van der Waals surface area (Å²) in [5.41, 5.74) is 0.763. The molecule has 0 aliphatic carbocycles. The van der Waals surface area contributed by atoms with Gasteiger partial charge in [0.1, 0.15) is 11.5 Å². The minimum atomic E-state index is -0.327. The summed E-state index contributed by atoms with van der Waals surface area (Å²) in [7, 11) is 0. The molecule has 3 aliphatic heterocycles. The van der Waals surface area contributed by atoms with Crippen LogP contribution in [0.4, 0.5) is 5.82 Å². The number of amidine groups is 1. The molecule has 0 saturated carbocycles. The van der Waals surface area contributed by atoms with E-state index < -0.39 is 0 Å². The summed E-state index contributed by atoms with van der Waals surface area (Å²) in [6.07, 6.45) is 3.33. The number of aliphatic imine (C=N–C) groups is 1. The fourth-order valence-electron chi connectivity index (χ4n) is 3.65. The first-order valence-electron chi connectivity index (χ1n) is 9.90. The van der Waals surface area contributed by atoms with Crippen LogP contribution in [0.5, 0.6) is 0 Å². The predicted octanol–water partition coefficient (Wildman–Crippen LogP) is 0.834. The molecule has 156 valence electrons.